The minimum atomic E-state index is 0.719. The molecule has 5 nitrogen and oxygen atoms in total. The average Bonchev–Trinajstić information content (AvgIpc) is 2.58. The van der Waals surface area contributed by atoms with E-state index in [2.05, 4.69) is 38.0 Å². The molecular formula is C15H17N5. The molecule has 0 amide bonds. The van der Waals surface area contributed by atoms with Gasteiger partial charge in [-0.25, -0.2) is 15.0 Å². The molecule has 102 valence electrons. The fraction of sp³-hybridized carbons (Fsp3) is 0.267. The monoisotopic (exact) mass is 267 g/mol. The Kier molecular flexibility index (Phi) is 5.04. The molecule has 1 N–H and O–H groups in total. The molecular weight excluding hydrogens is 250 g/mol. The maximum Gasteiger partial charge on any atom is 0.160 e. The quantitative estimate of drug-likeness (QED) is 0.829. The van der Waals surface area contributed by atoms with E-state index in [9.17, 15) is 0 Å². The van der Waals surface area contributed by atoms with Gasteiger partial charge < -0.3 is 10.2 Å². The highest BCUT2D eigenvalue weighted by Crippen LogP contribution is 2.17. The lowest BCUT2D eigenvalue weighted by Crippen LogP contribution is -2.43. The van der Waals surface area contributed by atoms with E-state index in [1.165, 1.54) is 0 Å². The number of anilines is 1. The molecule has 1 aliphatic rings. The number of piperazine rings is 1. The van der Waals surface area contributed by atoms with Gasteiger partial charge in [0.05, 0.1) is 0 Å². The van der Waals surface area contributed by atoms with Crippen molar-refractivity contribution < 1.29 is 0 Å². The standard InChI is InChI=1S/C13H15N5.C2H2/c1-4-15-13(16-5-1)11-2-3-12(17-10-11)18-8-6-14-7-9-18;1-2/h1-5,10,14H,6-9H2;1-2H. The van der Waals surface area contributed by atoms with Gasteiger partial charge in [0, 0.05) is 50.3 Å². The van der Waals surface area contributed by atoms with Crippen molar-refractivity contribution in [2.24, 2.45) is 0 Å². The summed E-state index contributed by atoms with van der Waals surface area (Å²) in [4.78, 5) is 15.2. The minimum absolute atomic E-state index is 0.719. The Labute approximate surface area is 119 Å². The van der Waals surface area contributed by atoms with Gasteiger partial charge in [-0.3, -0.25) is 0 Å². The van der Waals surface area contributed by atoms with Gasteiger partial charge in [-0.1, -0.05) is 0 Å². The van der Waals surface area contributed by atoms with Crippen LogP contribution < -0.4 is 10.2 Å². The summed E-state index contributed by atoms with van der Waals surface area (Å²) < 4.78 is 0. The molecule has 20 heavy (non-hydrogen) atoms. The molecule has 2 aromatic heterocycles. The van der Waals surface area contributed by atoms with E-state index in [1.54, 1.807) is 12.4 Å². The van der Waals surface area contributed by atoms with Crippen LogP contribution in [0, 0.1) is 12.8 Å². The largest absolute Gasteiger partial charge is 0.354 e. The second-order valence-electron chi connectivity index (χ2n) is 4.21. The summed E-state index contributed by atoms with van der Waals surface area (Å²) in [6, 6.07) is 5.88. The average molecular weight is 267 g/mol. The maximum atomic E-state index is 4.50. The second kappa shape index (κ2) is 7.22. The van der Waals surface area contributed by atoms with E-state index in [4.69, 9.17) is 0 Å². The van der Waals surface area contributed by atoms with Crippen molar-refractivity contribution in [3.05, 3.63) is 36.8 Å². The summed E-state index contributed by atoms with van der Waals surface area (Å²) in [7, 11) is 0. The van der Waals surface area contributed by atoms with Gasteiger partial charge in [-0.15, -0.1) is 12.8 Å². The minimum Gasteiger partial charge on any atom is -0.354 e. The predicted molar refractivity (Wildman–Crippen MR) is 80.2 cm³/mol. The molecule has 0 bridgehead atoms. The van der Waals surface area contributed by atoms with Crippen LogP contribution in [0.1, 0.15) is 0 Å². The van der Waals surface area contributed by atoms with Crippen molar-refractivity contribution in [3.63, 3.8) is 0 Å². The highest BCUT2D eigenvalue weighted by molar-refractivity contribution is 5.56. The molecule has 2 aromatic rings. The second-order valence-corrected chi connectivity index (χ2v) is 4.21. The van der Waals surface area contributed by atoms with E-state index in [0.29, 0.717) is 0 Å². The van der Waals surface area contributed by atoms with Crippen molar-refractivity contribution in [1.82, 2.24) is 20.3 Å². The molecule has 0 unspecified atom stereocenters. The Morgan fingerprint density at radius 3 is 2.30 bits per heavy atom. The van der Waals surface area contributed by atoms with Crippen LogP contribution >= 0.6 is 0 Å². The third-order valence-corrected chi connectivity index (χ3v) is 3.01. The molecule has 0 aromatic carbocycles. The van der Waals surface area contributed by atoms with Gasteiger partial charge >= 0.3 is 0 Å². The van der Waals surface area contributed by atoms with Crippen LogP contribution in [0.5, 0.6) is 0 Å². The van der Waals surface area contributed by atoms with E-state index in [1.807, 2.05) is 24.4 Å². The number of nitrogens with zero attached hydrogens (tertiary/aromatic N) is 4. The molecule has 0 spiro atoms. The zero-order valence-electron chi connectivity index (χ0n) is 11.2. The van der Waals surface area contributed by atoms with E-state index in [-0.39, 0.29) is 0 Å². The van der Waals surface area contributed by atoms with Crippen LogP contribution in [0.25, 0.3) is 11.4 Å². The van der Waals surface area contributed by atoms with Crippen LogP contribution in [0.3, 0.4) is 0 Å². The van der Waals surface area contributed by atoms with Gasteiger partial charge in [-0.05, 0) is 18.2 Å². The van der Waals surface area contributed by atoms with Crippen LogP contribution in [0.2, 0.25) is 0 Å². The summed E-state index contributed by atoms with van der Waals surface area (Å²) in [6.45, 7) is 4.05. The lowest BCUT2D eigenvalue weighted by atomic mass is 10.2. The van der Waals surface area contributed by atoms with Crippen LogP contribution in [-0.4, -0.2) is 41.1 Å². The zero-order chi connectivity index (χ0) is 14.2. The lowest BCUT2D eigenvalue weighted by molar-refractivity contribution is 0.585. The number of pyridine rings is 1. The first-order valence-electron chi connectivity index (χ1n) is 6.46. The van der Waals surface area contributed by atoms with Crippen LogP contribution in [0.15, 0.2) is 36.8 Å². The highest BCUT2D eigenvalue weighted by Gasteiger charge is 2.11. The molecule has 5 heteroatoms. The zero-order valence-corrected chi connectivity index (χ0v) is 11.2. The Balaban J connectivity index is 0.000000704. The third kappa shape index (κ3) is 3.31. The number of hydrogen-bond donors (Lipinski definition) is 1. The normalized spacial score (nSPS) is 14.2. The fourth-order valence-electron chi connectivity index (χ4n) is 2.05. The lowest BCUT2D eigenvalue weighted by Gasteiger charge is -2.28. The number of hydrogen-bond acceptors (Lipinski definition) is 5. The molecule has 0 saturated carbocycles. The van der Waals surface area contributed by atoms with Gasteiger partial charge in [0.25, 0.3) is 0 Å². The van der Waals surface area contributed by atoms with Crippen molar-refractivity contribution in [1.29, 1.82) is 0 Å². The summed E-state index contributed by atoms with van der Waals surface area (Å²) in [5, 5.41) is 3.33. The molecule has 3 heterocycles. The topological polar surface area (TPSA) is 53.9 Å². The summed E-state index contributed by atoms with van der Waals surface area (Å²) >= 11 is 0. The molecule has 0 aliphatic carbocycles. The van der Waals surface area contributed by atoms with Crippen LogP contribution in [-0.2, 0) is 0 Å². The first kappa shape index (κ1) is 14.0. The first-order valence-corrected chi connectivity index (χ1v) is 6.46. The Hall–Kier alpha value is -2.45. The summed E-state index contributed by atoms with van der Waals surface area (Å²) in [5.41, 5.74) is 0.953. The van der Waals surface area contributed by atoms with Crippen molar-refractivity contribution in [3.8, 4) is 24.2 Å². The molecule has 1 aliphatic heterocycles. The van der Waals surface area contributed by atoms with Gasteiger partial charge in [0.15, 0.2) is 5.82 Å². The molecule has 1 fully saturated rings. The SMILES string of the molecule is C#C.c1cnc(-c2ccc(N3CCNCC3)nc2)nc1. The molecule has 0 atom stereocenters. The van der Waals surface area contributed by atoms with Crippen LogP contribution in [0.4, 0.5) is 5.82 Å². The number of rotatable bonds is 2. The Morgan fingerprint density at radius 2 is 1.70 bits per heavy atom. The van der Waals surface area contributed by atoms with E-state index in [0.717, 1.165) is 43.4 Å². The van der Waals surface area contributed by atoms with E-state index >= 15 is 0 Å². The molecule has 1 saturated heterocycles. The fourth-order valence-corrected chi connectivity index (χ4v) is 2.05. The molecule has 3 rings (SSSR count). The summed E-state index contributed by atoms with van der Waals surface area (Å²) in [6.07, 6.45) is 13.3. The summed E-state index contributed by atoms with van der Waals surface area (Å²) in [5.74, 6) is 1.74. The Morgan fingerprint density at radius 1 is 1.00 bits per heavy atom. The number of terminal acetylenes is 1. The smallest absolute Gasteiger partial charge is 0.160 e. The van der Waals surface area contributed by atoms with Gasteiger partial charge in [0.2, 0.25) is 0 Å². The van der Waals surface area contributed by atoms with Gasteiger partial charge in [-0.2, -0.15) is 0 Å². The number of aromatic nitrogens is 3. The maximum absolute atomic E-state index is 4.50. The third-order valence-electron chi connectivity index (χ3n) is 3.01. The van der Waals surface area contributed by atoms with Crippen molar-refractivity contribution in [2.75, 3.05) is 31.1 Å². The van der Waals surface area contributed by atoms with Gasteiger partial charge in [0.1, 0.15) is 5.82 Å². The van der Waals surface area contributed by atoms with Crippen molar-refractivity contribution >= 4 is 5.82 Å². The van der Waals surface area contributed by atoms with Crippen molar-refractivity contribution in [2.45, 2.75) is 0 Å². The Bertz CT molecular complexity index is 529. The predicted octanol–water partition coefficient (Wildman–Crippen LogP) is 1.20. The molecule has 0 radical (unpaired) electrons. The highest BCUT2D eigenvalue weighted by atomic mass is 15.2. The van der Waals surface area contributed by atoms with E-state index < -0.39 is 0 Å². The number of nitrogens with one attached hydrogen (secondary N) is 1. The first-order chi connectivity index (χ1) is 9.93.